The van der Waals surface area contributed by atoms with Crippen LogP contribution in [0.3, 0.4) is 0 Å². The minimum absolute atomic E-state index is 0.111. The summed E-state index contributed by atoms with van der Waals surface area (Å²) in [5.74, 6) is 0. The van der Waals surface area contributed by atoms with Gasteiger partial charge in [0.15, 0.2) is 0 Å². The van der Waals surface area contributed by atoms with E-state index < -0.39 is 9.05 Å². The molecule has 0 amide bonds. The predicted molar refractivity (Wildman–Crippen MR) is 58.8 cm³/mol. The van der Waals surface area contributed by atoms with Gasteiger partial charge in [0.1, 0.15) is 0 Å². The summed E-state index contributed by atoms with van der Waals surface area (Å²) in [6.07, 6.45) is 3.76. The van der Waals surface area contributed by atoms with Crippen LogP contribution in [0.5, 0.6) is 0 Å². The van der Waals surface area contributed by atoms with Crippen molar-refractivity contribution in [2.75, 3.05) is 0 Å². The maximum atomic E-state index is 11.0. The van der Waals surface area contributed by atoms with E-state index in [0.29, 0.717) is 0 Å². The SMILES string of the molecule is O=S(=O)(Cl)c1ccc(-n2cccc2)cc1. The van der Waals surface area contributed by atoms with E-state index >= 15 is 0 Å². The van der Waals surface area contributed by atoms with Gasteiger partial charge in [-0.05, 0) is 36.4 Å². The van der Waals surface area contributed by atoms with Crippen LogP contribution in [0.25, 0.3) is 5.69 Å². The van der Waals surface area contributed by atoms with Gasteiger partial charge in [0.05, 0.1) is 4.90 Å². The third kappa shape index (κ3) is 2.22. The molecule has 1 aromatic heterocycles. The van der Waals surface area contributed by atoms with E-state index in [9.17, 15) is 8.42 Å². The van der Waals surface area contributed by atoms with Crippen LogP contribution < -0.4 is 0 Å². The van der Waals surface area contributed by atoms with Crippen molar-refractivity contribution >= 4 is 19.7 Å². The maximum absolute atomic E-state index is 11.0. The van der Waals surface area contributed by atoms with E-state index in [0.717, 1.165) is 5.69 Å². The molecule has 0 fully saturated rings. The molecule has 0 aliphatic heterocycles. The monoisotopic (exact) mass is 241 g/mol. The summed E-state index contributed by atoms with van der Waals surface area (Å²) in [4.78, 5) is 0.111. The first kappa shape index (κ1) is 10.3. The van der Waals surface area contributed by atoms with Crippen molar-refractivity contribution in [1.82, 2.24) is 4.57 Å². The second-order valence-corrected chi connectivity index (χ2v) is 5.59. The Labute approximate surface area is 92.3 Å². The fraction of sp³-hybridized carbons (Fsp3) is 0. The van der Waals surface area contributed by atoms with Gasteiger partial charge in [-0.15, -0.1) is 0 Å². The molecule has 1 aromatic carbocycles. The first-order valence-corrected chi connectivity index (χ1v) is 6.56. The standard InChI is InChI=1S/C10H8ClNO2S/c11-15(13,14)10-5-3-9(4-6-10)12-7-1-2-8-12/h1-8H. The lowest BCUT2D eigenvalue weighted by molar-refractivity contribution is 0.609. The number of aromatic nitrogens is 1. The van der Waals surface area contributed by atoms with Gasteiger partial charge in [-0.3, -0.25) is 0 Å². The number of benzene rings is 1. The van der Waals surface area contributed by atoms with Crippen molar-refractivity contribution in [3.05, 3.63) is 48.8 Å². The third-order valence-corrected chi connectivity index (χ3v) is 3.39. The van der Waals surface area contributed by atoms with E-state index in [1.165, 1.54) is 12.1 Å². The number of nitrogens with zero attached hydrogens (tertiary/aromatic N) is 1. The van der Waals surface area contributed by atoms with Crippen molar-refractivity contribution in [3.8, 4) is 5.69 Å². The van der Waals surface area contributed by atoms with E-state index in [-0.39, 0.29) is 4.90 Å². The van der Waals surface area contributed by atoms with Crippen LogP contribution >= 0.6 is 10.7 Å². The molecule has 0 saturated heterocycles. The topological polar surface area (TPSA) is 39.1 Å². The Morgan fingerprint density at radius 1 is 1.00 bits per heavy atom. The van der Waals surface area contributed by atoms with Crippen LogP contribution in [0.2, 0.25) is 0 Å². The quantitative estimate of drug-likeness (QED) is 0.758. The normalized spacial score (nSPS) is 11.5. The Morgan fingerprint density at radius 2 is 1.53 bits per heavy atom. The lowest BCUT2D eigenvalue weighted by atomic mass is 10.3. The lowest BCUT2D eigenvalue weighted by Gasteiger charge is -2.02. The molecule has 0 spiro atoms. The van der Waals surface area contributed by atoms with Gasteiger partial charge >= 0.3 is 0 Å². The number of hydrogen-bond donors (Lipinski definition) is 0. The molecule has 0 bridgehead atoms. The summed E-state index contributed by atoms with van der Waals surface area (Å²) in [6.45, 7) is 0. The van der Waals surface area contributed by atoms with E-state index in [1.54, 1.807) is 12.1 Å². The molecule has 2 aromatic rings. The summed E-state index contributed by atoms with van der Waals surface area (Å²) in [5, 5.41) is 0. The zero-order chi connectivity index (χ0) is 10.9. The molecule has 2 rings (SSSR count). The summed E-state index contributed by atoms with van der Waals surface area (Å²) in [7, 11) is 1.58. The Morgan fingerprint density at radius 3 is 2.00 bits per heavy atom. The lowest BCUT2D eigenvalue weighted by Crippen LogP contribution is -1.93. The molecule has 0 radical (unpaired) electrons. The summed E-state index contributed by atoms with van der Waals surface area (Å²) < 4.78 is 23.9. The van der Waals surface area contributed by atoms with Crippen molar-refractivity contribution in [2.24, 2.45) is 0 Å². The second-order valence-electron chi connectivity index (χ2n) is 3.02. The molecule has 0 saturated carbocycles. The fourth-order valence-corrected chi connectivity index (χ4v) is 2.06. The molecule has 3 nitrogen and oxygen atoms in total. The van der Waals surface area contributed by atoms with Crippen LogP contribution in [0.4, 0.5) is 0 Å². The molecule has 1 heterocycles. The Kier molecular flexibility index (Phi) is 2.54. The van der Waals surface area contributed by atoms with Gasteiger partial charge in [0.2, 0.25) is 0 Å². The minimum Gasteiger partial charge on any atom is -0.324 e. The summed E-state index contributed by atoms with van der Waals surface area (Å²) in [6, 6.07) is 10.2. The molecule has 0 aliphatic rings. The van der Waals surface area contributed by atoms with Crippen LogP contribution in [-0.2, 0) is 9.05 Å². The van der Waals surface area contributed by atoms with Gasteiger partial charge in [-0.25, -0.2) is 8.42 Å². The first-order valence-electron chi connectivity index (χ1n) is 4.25. The molecular weight excluding hydrogens is 234 g/mol. The third-order valence-electron chi connectivity index (χ3n) is 2.02. The highest BCUT2D eigenvalue weighted by molar-refractivity contribution is 8.13. The average molecular weight is 242 g/mol. The Hall–Kier alpha value is -1.26. The van der Waals surface area contributed by atoms with Crippen LogP contribution in [0.15, 0.2) is 53.7 Å². The van der Waals surface area contributed by atoms with Gasteiger partial charge in [0.25, 0.3) is 9.05 Å². The molecule has 15 heavy (non-hydrogen) atoms. The van der Waals surface area contributed by atoms with E-state index in [4.69, 9.17) is 10.7 Å². The smallest absolute Gasteiger partial charge is 0.261 e. The van der Waals surface area contributed by atoms with Crippen molar-refractivity contribution in [2.45, 2.75) is 4.90 Å². The van der Waals surface area contributed by atoms with Crippen molar-refractivity contribution < 1.29 is 8.42 Å². The predicted octanol–water partition coefficient (Wildman–Crippen LogP) is 2.40. The zero-order valence-electron chi connectivity index (χ0n) is 7.67. The van der Waals surface area contributed by atoms with E-state index in [2.05, 4.69) is 0 Å². The van der Waals surface area contributed by atoms with Gasteiger partial charge in [0, 0.05) is 28.8 Å². The molecule has 0 unspecified atom stereocenters. The van der Waals surface area contributed by atoms with Crippen LogP contribution in [0, 0.1) is 0 Å². The number of halogens is 1. The highest BCUT2D eigenvalue weighted by Gasteiger charge is 2.08. The van der Waals surface area contributed by atoms with Gasteiger partial charge in [-0.1, -0.05) is 0 Å². The van der Waals surface area contributed by atoms with Crippen molar-refractivity contribution in [1.29, 1.82) is 0 Å². The molecule has 0 atom stereocenters. The molecule has 0 N–H and O–H groups in total. The minimum atomic E-state index is -3.63. The molecule has 0 aliphatic carbocycles. The number of hydrogen-bond acceptors (Lipinski definition) is 2. The van der Waals surface area contributed by atoms with Gasteiger partial charge < -0.3 is 4.57 Å². The van der Waals surface area contributed by atoms with Crippen LogP contribution in [0.1, 0.15) is 0 Å². The highest BCUT2D eigenvalue weighted by atomic mass is 35.7. The molecule has 5 heteroatoms. The second kappa shape index (κ2) is 3.72. The van der Waals surface area contributed by atoms with Crippen LogP contribution in [-0.4, -0.2) is 13.0 Å². The average Bonchev–Trinajstić information content (AvgIpc) is 2.69. The van der Waals surface area contributed by atoms with Crippen molar-refractivity contribution in [3.63, 3.8) is 0 Å². The Bertz CT molecular complexity index is 544. The first-order chi connectivity index (χ1) is 7.07. The fourth-order valence-electron chi connectivity index (χ4n) is 1.29. The van der Waals surface area contributed by atoms with E-state index in [1.807, 2.05) is 29.1 Å². The maximum Gasteiger partial charge on any atom is 0.261 e. The molecule has 78 valence electrons. The van der Waals surface area contributed by atoms with Gasteiger partial charge in [-0.2, -0.15) is 0 Å². The largest absolute Gasteiger partial charge is 0.324 e. The molecular formula is C10H8ClNO2S. The summed E-state index contributed by atoms with van der Waals surface area (Å²) in [5.41, 5.74) is 0.893. The Balaban J connectivity index is 2.42. The summed E-state index contributed by atoms with van der Waals surface area (Å²) >= 11 is 0. The zero-order valence-corrected chi connectivity index (χ0v) is 9.24. The highest BCUT2D eigenvalue weighted by Crippen LogP contribution is 2.17. The number of rotatable bonds is 2.